The van der Waals surface area contributed by atoms with Crippen LogP contribution >= 0.6 is 0 Å². The standard InChI is InChI=1S/C24H31N3O4/c1-5-6-11-31-22-18-13-19(20-9-7-8-10-25-20)21(28)12-17(18)15-27(14-16(2)3)23(22)26(4)24(29)30/h7-10,13,15-16,19H,5-6,11-12,14H2,1-4H3,(H,29,30). The molecule has 166 valence electrons. The van der Waals surface area contributed by atoms with Gasteiger partial charge in [-0.05, 0) is 30.0 Å². The molecule has 3 rings (SSSR count). The topological polar surface area (TPSA) is 83.0 Å². The zero-order valence-corrected chi connectivity index (χ0v) is 18.7. The van der Waals surface area contributed by atoms with Gasteiger partial charge in [-0.3, -0.25) is 14.7 Å². The molecule has 1 aromatic rings. The lowest BCUT2D eigenvalue weighted by Gasteiger charge is -2.38. The van der Waals surface area contributed by atoms with Crippen LogP contribution in [0.2, 0.25) is 0 Å². The number of fused-ring (bicyclic) bond motifs is 1. The summed E-state index contributed by atoms with van der Waals surface area (Å²) in [5.74, 6) is 0.885. The van der Waals surface area contributed by atoms with E-state index in [1.165, 1.54) is 11.9 Å². The number of rotatable bonds is 8. The summed E-state index contributed by atoms with van der Waals surface area (Å²) in [5, 5.41) is 9.75. The van der Waals surface area contributed by atoms with Crippen LogP contribution in [0.3, 0.4) is 0 Å². The molecule has 1 aromatic heterocycles. The third-order valence-corrected chi connectivity index (χ3v) is 5.34. The fraction of sp³-hybridized carbons (Fsp3) is 0.458. The van der Waals surface area contributed by atoms with E-state index in [0.29, 0.717) is 30.4 Å². The summed E-state index contributed by atoms with van der Waals surface area (Å²) in [6.45, 7) is 7.31. The van der Waals surface area contributed by atoms with Crippen molar-refractivity contribution in [3.63, 3.8) is 0 Å². The number of Topliss-reactive ketones (excluding diaryl/α,β-unsaturated/α-hetero) is 1. The fourth-order valence-electron chi connectivity index (χ4n) is 3.84. The van der Waals surface area contributed by atoms with E-state index < -0.39 is 12.0 Å². The number of ketones is 1. The second-order valence-corrected chi connectivity index (χ2v) is 8.35. The van der Waals surface area contributed by atoms with Crippen molar-refractivity contribution in [1.29, 1.82) is 0 Å². The molecule has 7 nitrogen and oxygen atoms in total. The Hall–Kier alpha value is -3.09. The number of carbonyl (C=O) groups is 2. The van der Waals surface area contributed by atoms with E-state index in [-0.39, 0.29) is 18.1 Å². The number of nitrogens with zero attached hydrogens (tertiary/aromatic N) is 3. The first-order valence-corrected chi connectivity index (χ1v) is 10.8. The normalized spacial score (nSPS) is 18.5. The Bertz CT molecular complexity index is 918. The summed E-state index contributed by atoms with van der Waals surface area (Å²) >= 11 is 0. The molecule has 0 radical (unpaired) electrons. The first-order chi connectivity index (χ1) is 14.8. The molecule has 0 saturated carbocycles. The number of carbonyl (C=O) groups excluding carboxylic acids is 1. The quantitative estimate of drug-likeness (QED) is 0.617. The first-order valence-electron chi connectivity index (χ1n) is 10.8. The highest BCUT2D eigenvalue weighted by molar-refractivity contribution is 5.93. The summed E-state index contributed by atoms with van der Waals surface area (Å²) in [7, 11) is 1.53. The molecule has 1 N–H and O–H groups in total. The Balaban J connectivity index is 2.14. The molecule has 0 fully saturated rings. The van der Waals surface area contributed by atoms with Crippen LogP contribution in [0.1, 0.15) is 51.6 Å². The number of carboxylic acid groups (broad SMARTS) is 1. The van der Waals surface area contributed by atoms with Crippen LogP contribution in [0.15, 0.2) is 59.4 Å². The molecular weight excluding hydrogens is 394 g/mol. The molecule has 1 aliphatic heterocycles. The highest BCUT2D eigenvalue weighted by Crippen LogP contribution is 2.41. The number of allylic oxidation sites excluding steroid dienone is 2. The second kappa shape index (κ2) is 9.81. The predicted octanol–water partition coefficient (Wildman–Crippen LogP) is 4.52. The minimum atomic E-state index is -1.06. The van der Waals surface area contributed by atoms with E-state index in [1.807, 2.05) is 35.4 Å². The van der Waals surface area contributed by atoms with Gasteiger partial charge in [-0.15, -0.1) is 0 Å². The summed E-state index contributed by atoms with van der Waals surface area (Å²) in [6.07, 6.45) is 6.47. The van der Waals surface area contributed by atoms with Gasteiger partial charge in [0.2, 0.25) is 0 Å². The molecule has 31 heavy (non-hydrogen) atoms. The Morgan fingerprint density at radius 2 is 2.16 bits per heavy atom. The van der Waals surface area contributed by atoms with Gasteiger partial charge in [0.25, 0.3) is 0 Å². The molecule has 0 saturated heterocycles. The van der Waals surface area contributed by atoms with Crippen molar-refractivity contribution in [3.8, 4) is 0 Å². The van der Waals surface area contributed by atoms with Crippen molar-refractivity contribution >= 4 is 11.9 Å². The minimum absolute atomic E-state index is 0.0705. The maximum absolute atomic E-state index is 13.0. The van der Waals surface area contributed by atoms with Crippen molar-refractivity contribution in [3.05, 3.63) is 65.1 Å². The van der Waals surface area contributed by atoms with Crippen molar-refractivity contribution in [2.24, 2.45) is 5.92 Å². The Kier molecular flexibility index (Phi) is 7.15. The smallest absolute Gasteiger partial charge is 0.412 e. The van der Waals surface area contributed by atoms with Crippen molar-refractivity contribution in [2.75, 3.05) is 20.2 Å². The Morgan fingerprint density at radius 3 is 2.77 bits per heavy atom. The minimum Gasteiger partial charge on any atom is -0.489 e. The van der Waals surface area contributed by atoms with E-state index in [0.717, 1.165) is 24.0 Å². The average Bonchev–Trinajstić information content (AvgIpc) is 2.73. The molecule has 1 amide bonds. The number of aromatic nitrogens is 1. The Labute approximate surface area is 183 Å². The van der Waals surface area contributed by atoms with Crippen LogP contribution in [0.5, 0.6) is 0 Å². The first kappa shape index (κ1) is 22.6. The third kappa shape index (κ3) is 4.98. The second-order valence-electron chi connectivity index (χ2n) is 8.35. The lowest BCUT2D eigenvalue weighted by Crippen LogP contribution is -2.40. The van der Waals surface area contributed by atoms with Crippen LogP contribution in [-0.4, -0.2) is 52.0 Å². The maximum Gasteiger partial charge on any atom is 0.412 e. The number of amides is 1. The summed E-state index contributed by atoms with van der Waals surface area (Å²) in [6, 6.07) is 5.52. The molecule has 0 aromatic carbocycles. The molecule has 7 heteroatoms. The fourth-order valence-corrected chi connectivity index (χ4v) is 3.84. The van der Waals surface area contributed by atoms with E-state index >= 15 is 0 Å². The third-order valence-electron chi connectivity index (χ3n) is 5.34. The molecular formula is C24H31N3O4. The highest BCUT2D eigenvalue weighted by atomic mass is 16.5. The van der Waals surface area contributed by atoms with E-state index in [9.17, 15) is 14.7 Å². The van der Waals surface area contributed by atoms with E-state index in [2.05, 4.69) is 25.8 Å². The van der Waals surface area contributed by atoms with Crippen molar-refractivity contribution in [1.82, 2.24) is 14.8 Å². The monoisotopic (exact) mass is 425 g/mol. The predicted molar refractivity (Wildman–Crippen MR) is 118 cm³/mol. The number of pyridine rings is 1. The lowest BCUT2D eigenvalue weighted by molar-refractivity contribution is -0.119. The van der Waals surface area contributed by atoms with Gasteiger partial charge in [0.1, 0.15) is 5.78 Å². The van der Waals surface area contributed by atoms with E-state index in [4.69, 9.17) is 4.74 Å². The maximum atomic E-state index is 13.0. The van der Waals surface area contributed by atoms with Gasteiger partial charge in [-0.25, -0.2) is 4.79 Å². The zero-order valence-electron chi connectivity index (χ0n) is 18.7. The molecule has 1 atom stereocenters. The van der Waals surface area contributed by atoms with Crippen LogP contribution in [0.25, 0.3) is 0 Å². The van der Waals surface area contributed by atoms with Crippen molar-refractivity contribution < 1.29 is 19.4 Å². The largest absolute Gasteiger partial charge is 0.489 e. The van der Waals surface area contributed by atoms with E-state index in [1.54, 1.807) is 6.20 Å². The van der Waals surface area contributed by atoms with Gasteiger partial charge in [0, 0.05) is 38.0 Å². The molecule has 2 aliphatic rings. The molecule has 1 aliphatic carbocycles. The van der Waals surface area contributed by atoms with Crippen LogP contribution in [0, 0.1) is 5.92 Å². The van der Waals surface area contributed by atoms with Gasteiger partial charge in [-0.1, -0.05) is 39.3 Å². The summed E-state index contributed by atoms with van der Waals surface area (Å²) < 4.78 is 6.20. The van der Waals surface area contributed by atoms with Crippen molar-refractivity contribution in [2.45, 2.75) is 46.0 Å². The molecule has 0 spiro atoms. The highest BCUT2D eigenvalue weighted by Gasteiger charge is 2.37. The molecule has 0 bridgehead atoms. The molecule has 2 heterocycles. The number of hydrogen-bond donors (Lipinski definition) is 1. The van der Waals surface area contributed by atoms with Gasteiger partial charge < -0.3 is 14.7 Å². The molecule has 1 unspecified atom stereocenters. The SMILES string of the molecule is CCCCOC1=C(N(C)C(=O)O)N(CC(C)C)C=C2CC(=O)C(c3ccccn3)C=C21. The lowest BCUT2D eigenvalue weighted by atomic mass is 9.82. The number of unbranched alkanes of at least 4 members (excludes halogenated alkanes) is 1. The number of hydrogen-bond acceptors (Lipinski definition) is 5. The number of ether oxygens (including phenoxy) is 1. The zero-order chi connectivity index (χ0) is 22.5. The summed E-state index contributed by atoms with van der Waals surface area (Å²) in [4.78, 5) is 32.3. The Morgan fingerprint density at radius 1 is 1.39 bits per heavy atom. The van der Waals surface area contributed by atoms with Gasteiger partial charge in [0.05, 0.1) is 18.2 Å². The van der Waals surface area contributed by atoms with Gasteiger partial charge >= 0.3 is 6.09 Å². The van der Waals surface area contributed by atoms with Crippen LogP contribution < -0.4 is 0 Å². The average molecular weight is 426 g/mol. The van der Waals surface area contributed by atoms with Crippen LogP contribution in [-0.2, 0) is 9.53 Å². The van der Waals surface area contributed by atoms with Crippen LogP contribution in [0.4, 0.5) is 4.79 Å². The summed E-state index contributed by atoms with van der Waals surface area (Å²) in [5.41, 5.74) is 2.33. The van der Waals surface area contributed by atoms with Gasteiger partial charge in [0.15, 0.2) is 11.6 Å². The van der Waals surface area contributed by atoms with Gasteiger partial charge in [-0.2, -0.15) is 0 Å².